The van der Waals surface area contributed by atoms with Gasteiger partial charge in [-0.05, 0) is 24.6 Å². The summed E-state index contributed by atoms with van der Waals surface area (Å²) in [6.07, 6.45) is 0. The van der Waals surface area contributed by atoms with E-state index in [-0.39, 0.29) is 5.92 Å². The van der Waals surface area contributed by atoms with Gasteiger partial charge in [0.2, 0.25) is 6.79 Å². The third-order valence-electron chi connectivity index (χ3n) is 4.06. The molecule has 2 aliphatic rings. The molecule has 0 N–H and O–H groups in total. The number of hydrogen-bond acceptors (Lipinski definition) is 5. The first kappa shape index (κ1) is 14.2. The normalized spacial score (nSPS) is 20.2. The van der Waals surface area contributed by atoms with Crippen LogP contribution in [0.1, 0.15) is 12.5 Å². The van der Waals surface area contributed by atoms with E-state index in [4.69, 9.17) is 14.7 Å². The molecule has 2 heterocycles. The van der Waals surface area contributed by atoms with Crippen LogP contribution in [0.3, 0.4) is 0 Å². The summed E-state index contributed by atoms with van der Waals surface area (Å²) in [7, 11) is 0. The quantitative estimate of drug-likeness (QED) is 0.843. The lowest BCUT2D eigenvalue weighted by Crippen LogP contribution is -2.46. The summed E-state index contributed by atoms with van der Waals surface area (Å²) in [5.41, 5.74) is 1.26. The maximum absolute atomic E-state index is 8.88. The van der Waals surface area contributed by atoms with E-state index in [2.05, 4.69) is 28.0 Å². The zero-order valence-corrected chi connectivity index (χ0v) is 12.4. The van der Waals surface area contributed by atoms with E-state index in [1.807, 2.05) is 13.0 Å². The van der Waals surface area contributed by atoms with E-state index in [0.717, 1.165) is 50.8 Å². The van der Waals surface area contributed by atoms with Gasteiger partial charge in [-0.3, -0.25) is 9.80 Å². The van der Waals surface area contributed by atoms with E-state index >= 15 is 0 Å². The van der Waals surface area contributed by atoms with Gasteiger partial charge in [-0.25, -0.2) is 0 Å². The molecule has 5 heteroatoms. The molecule has 112 valence electrons. The van der Waals surface area contributed by atoms with Crippen molar-refractivity contribution in [3.8, 4) is 17.6 Å². The molecule has 5 nitrogen and oxygen atoms in total. The van der Waals surface area contributed by atoms with Crippen molar-refractivity contribution in [2.45, 2.75) is 13.5 Å². The van der Waals surface area contributed by atoms with Gasteiger partial charge in [-0.1, -0.05) is 6.07 Å². The van der Waals surface area contributed by atoms with Crippen molar-refractivity contribution in [2.24, 2.45) is 5.92 Å². The van der Waals surface area contributed by atoms with Crippen molar-refractivity contribution in [1.82, 2.24) is 9.80 Å². The van der Waals surface area contributed by atoms with Crippen LogP contribution in [0.25, 0.3) is 0 Å². The van der Waals surface area contributed by atoms with Crippen LogP contribution in [-0.4, -0.2) is 49.3 Å². The number of rotatable bonds is 4. The highest BCUT2D eigenvalue weighted by atomic mass is 16.7. The second kappa shape index (κ2) is 6.33. The molecule has 1 aromatic rings. The zero-order valence-electron chi connectivity index (χ0n) is 12.4. The van der Waals surface area contributed by atoms with Crippen LogP contribution < -0.4 is 9.47 Å². The fraction of sp³-hybridized carbons (Fsp3) is 0.562. The fourth-order valence-electron chi connectivity index (χ4n) is 2.86. The summed E-state index contributed by atoms with van der Waals surface area (Å²) < 4.78 is 10.8. The highest BCUT2D eigenvalue weighted by molar-refractivity contribution is 5.44. The number of nitriles is 1. The van der Waals surface area contributed by atoms with E-state index in [0.29, 0.717) is 6.79 Å². The molecular formula is C16H21N3O2. The molecule has 0 radical (unpaired) electrons. The Labute approximate surface area is 125 Å². The molecule has 21 heavy (non-hydrogen) atoms. The van der Waals surface area contributed by atoms with Crippen LogP contribution in [0.2, 0.25) is 0 Å². The van der Waals surface area contributed by atoms with E-state index < -0.39 is 0 Å². The van der Waals surface area contributed by atoms with Gasteiger partial charge in [-0.2, -0.15) is 5.26 Å². The maximum Gasteiger partial charge on any atom is 0.231 e. The molecule has 1 atom stereocenters. The molecule has 0 aromatic heterocycles. The van der Waals surface area contributed by atoms with Gasteiger partial charge >= 0.3 is 0 Å². The molecule has 0 bridgehead atoms. The Bertz CT molecular complexity index is 533. The Morgan fingerprint density at radius 2 is 1.86 bits per heavy atom. The first-order chi connectivity index (χ1) is 10.2. The largest absolute Gasteiger partial charge is 0.454 e. The zero-order chi connectivity index (χ0) is 14.7. The first-order valence-corrected chi connectivity index (χ1v) is 7.47. The number of ether oxygens (including phenoxy) is 2. The summed E-state index contributed by atoms with van der Waals surface area (Å²) in [6.45, 7) is 8.31. The molecule has 1 saturated heterocycles. The Hall–Kier alpha value is -1.77. The molecule has 1 aromatic carbocycles. The lowest BCUT2D eigenvalue weighted by molar-refractivity contribution is 0.121. The first-order valence-electron chi connectivity index (χ1n) is 7.47. The van der Waals surface area contributed by atoms with E-state index in [1.165, 1.54) is 5.56 Å². The van der Waals surface area contributed by atoms with Crippen LogP contribution in [0.4, 0.5) is 0 Å². The topological polar surface area (TPSA) is 48.7 Å². The highest BCUT2D eigenvalue weighted by Crippen LogP contribution is 2.32. The van der Waals surface area contributed by atoms with Crippen molar-refractivity contribution in [3.63, 3.8) is 0 Å². The maximum atomic E-state index is 8.88. The van der Waals surface area contributed by atoms with Crippen molar-refractivity contribution >= 4 is 0 Å². The highest BCUT2D eigenvalue weighted by Gasteiger charge is 2.19. The molecule has 1 fully saturated rings. The van der Waals surface area contributed by atoms with Crippen molar-refractivity contribution in [3.05, 3.63) is 23.8 Å². The Morgan fingerprint density at radius 3 is 2.62 bits per heavy atom. The summed E-state index contributed by atoms with van der Waals surface area (Å²) >= 11 is 0. The minimum absolute atomic E-state index is 0.116. The van der Waals surface area contributed by atoms with Gasteiger partial charge < -0.3 is 9.47 Å². The van der Waals surface area contributed by atoms with Crippen molar-refractivity contribution in [1.29, 1.82) is 5.26 Å². The Morgan fingerprint density at radius 1 is 1.14 bits per heavy atom. The van der Waals surface area contributed by atoms with Crippen molar-refractivity contribution < 1.29 is 9.47 Å². The van der Waals surface area contributed by atoms with Crippen molar-refractivity contribution in [2.75, 3.05) is 39.5 Å². The molecule has 0 saturated carbocycles. The number of fused-ring (bicyclic) bond motifs is 1. The van der Waals surface area contributed by atoms with Gasteiger partial charge in [0.25, 0.3) is 0 Å². The lowest BCUT2D eigenvalue weighted by Gasteiger charge is -2.35. The molecular weight excluding hydrogens is 266 g/mol. The van der Waals surface area contributed by atoms with Crippen LogP contribution in [0, 0.1) is 17.2 Å². The Balaban J connectivity index is 1.50. The van der Waals surface area contributed by atoms with Crippen LogP contribution >= 0.6 is 0 Å². The third-order valence-corrected chi connectivity index (χ3v) is 4.06. The van der Waals surface area contributed by atoms with Gasteiger partial charge in [0.15, 0.2) is 11.5 Å². The molecule has 0 aliphatic carbocycles. The number of hydrogen-bond donors (Lipinski definition) is 0. The number of nitrogens with zero attached hydrogens (tertiary/aromatic N) is 3. The fourth-order valence-corrected chi connectivity index (χ4v) is 2.86. The Kier molecular flexibility index (Phi) is 4.28. The SMILES string of the molecule is C[C@@H](C#N)CN1CCN(Cc2ccc3c(c2)OCO3)CC1. The standard InChI is InChI=1S/C16H21N3O2/c1-13(9-17)10-18-4-6-19(7-5-18)11-14-2-3-15-16(8-14)21-12-20-15/h2-3,8,13H,4-7,10-12H2,1H3/t13-/m0/s1. The average molecular weight is 287 g/mol. The van der Waals surface area contributed by atoms with E-state index in [1.54, 1.807) is 0 Å². The van der Waals surface area contributed by atoms with Crippen LogP contribution in [0.5, 0.6) is 11.5 Å². The number of piperazine rings is 1. The minimum atomic E-state index is 0.116. The molecule has 2 aliphatic heterocycles. The predicted octanol–water partition coefficient (Wildman–Crippen LogP) is 1.69. The summed E-state index contributed by atoms with van der Waals surface area (Å²) in [5.74, 6) is 1.81. The molecule has 0 amide bonds. The van der Waals surface area contributed by atoms with Gasteiger partial charge in [0.1, 0.15) is 0 Å². The van der Waals surface area contributed by atoms with Gasteiger partial charge in [-0.15, -0.1) is 0 Å². The second-order valence-electron chi connectivity index (χ2n) is 5.79. The lowest BCUT2D eigenvalue weighted by atomic mass is 10.1. The molecule has 0 spiro atoms. The molecule has 0 unspecified atom stereocenters. The monoisotopic (exact) mass is 287 g/mol. The van der Waals surface area contributed by atoms with E-state index in [9.17, 15) is 0 Å². The smallest absolute Gasteiger partial charge is 0.231 e. The second-order valence-corrected chi connectivity index (χ2v) is 5.79. The summed E-state index contributed by atoms with van der Waals surface area (Å²) in [4.78, 5) is 4.83. The van der Waals surface area contributed by atoms with Crippen LogP contribution in [-0.2, 0) is 6.54 Å². The predicted molar refractivity (Wildman–Crippen MR) is 79.1 cm³/mol. The third kappa shape index (κ3) is 3.46. The summed E-state index contributed by atoms with van der Waals surface area (Å²) in [5, 5.41) is 8.88. The van der Waals surface area contributed by atoms with Gasteiger partial charge in [0, 0.05) is 39.3 Å². The summed E-state index contributed by atoms with van der Waals surface area (Å²) in [6, 6.07) is 8.48. The average Bonchev–Trinajstić information content (AvgIpc) is 2.96. The molecule has 3 rings (SSSR count). The minimum Gasteiger partial charge on any atom is -0.454 e. The number of benzene rings is 1. The van der Waals surface area contributed by atoms with Gasteiger partial charge in [0.05, 0.1) is 12.0 Å². The van der Waals surface area contributed by atoms with Crippen LogP contribution in [0.15, 0.2) is 18.2 Å².